The topological polar surface area (TPSA) is 114 Å². The average Bonchev–Trinajstić information content (AvgIpc) is 3.52. The van der Waals surface area contributed by atoms with Crippen LogP contribution in [0, 0.1) is 13.8 Å². The van der Waals surface area contributed by atoms with Gasteiger partial charge in [0.2, 0.25) is 0 Å². The number of nitrogens with zero attached hydrogens (tertiary/aromatic N) is 3. The van der Waals surface area contributed by atoms with E-state index in [1.807, 2.05) is 12.1 Å². The normalized spacial score (nSPS) is 14.1. The van der Waals surface area contributed by atoms with Gasteiger partial charge in [-0.15, -0.1) is 0 Å². The fraction of sp³-hybridized carbons (Fsp3) is 0.206. The number of carbonyl (C=O) groups is 2. The summed E-state index contributed by atoms with van der Waals surface area (Å²) in [7, 11) is 2.14. The van der Waals surface area contributed by atoms with Gasteiger partial charge in [-0.25, -0.2) is 0 Å². The number of aromatic hydroxyl groups is 1. The van der Waals surface area contributed by atoms with E-state index in [-0.39, 0.29) is 17.6 Å². The molecule has 9 nitrogen and oxygen atoms in total. The van der Waals surface area contributed by atoms with Crippen LogP contribution in [0.5, 0.6) is 5.88 Å². The predicted octanol–water partition coefficient (Wildman–Crippen LogP) is 6.07. The highest BCUT2D eigenvalue weighted by molar-refractivity contribution is 6.13. The number of benzene rings is 3. The van der Waals surface area contributed by atoms with E-state index in [0.29, 0.717) is 45.0 Å². The minimum Gasteiger partial charge on any atom is -0.494 e. The molecule has 1 fully saturated rings. The number of carbonyl (C=O) groups excluding carboxylic acids is 2. The number of aromatic nitrogens is 1. The van der Waals surface area contributed by atoms with E-state index in [1.165, 1.54) is 5.69 Å². The fourth-order valence-corrected chi connectivity index (χ4v) is 5.39. The van der Waals surface area contributed by atoms with Crippen LogP contribution >= 0.6 is 0 Å². The molecule has 3 N–H and O–H groups in total. The van der Waals surface area contributed by atoms with Crippen molar-refractivity contribution in [3.63, 3.8) is 0 Å². The number of likely N-dealkylation sites (N-methyl/N-ethyl adjacent to an activating group) is 1. The zero-order chi connectivity index (χ0) is 30.1. The van der Waals surface area contributed by atoms with Crippen molar-refractivity contribution >= 4 is 45.9 Å². The number of furan rings is 1. The first kappa shape index (κ1) is 28.0. The van der Waals surface area contributed by atoms with Gasteiger partial charge in [0.05, 0.1) is 16.8 Å². The summed E-state index contributed by atoms with van der Waals surface area (Å²) in [5.41, 5.74) is 4.95. The maximum atomic E-state index is 13.4. The van der Waals surface area contributed by atoms with E-state index in [1.54, 1.807) is 68.6 Å². The zero-order valence-corrected chi connectivity index (χ0v) is 24.3. The highest BCUT2D eigenvalue weighted by Crippen LogP contribution is 2.29. The molecule has 0 aliphatic carbocycles. The summed E-state index contributed by atoms with van der Waals surface area (Å²) < 4.78 is 5.46. The molecule has 6 rings (SSSR count). The lowest BCUT2D eigenvalue weighted by Crippen LogP contribution is -2.44. The van der Waals surface area contributed by atoms with E-state index < -0.39 is 0 Å². The summed E-state index contributed by atoms with van der Waals surface area (Å²) in [6.45, 7) is 7.61. The minimum atomic E-state index is -0.303. The number of ketones is 1. The highest BCUT2D eigenvalue weighted by atomic mass is 16.3. The van der Waals surface area contributed by atoms with Gasteiger partial charge in [-0.1, -0.05) is 24.3 Å². The Morgan fingerprint density at radius 1 is 0.953 bits per heavy atom. The number of nitrogens with one attached hydrogen (secondary N) is 2. The number of aromatic amines is 1. The molecule has 218 valence electrons. The van der Waals surface area contributed by atoms with Gasteiger partial charge >= 0.3 is 0 Å². The molecule has 0 radical (unpaired) electrons. The molecular formula is C34H33N5O4. The number of amides is 1. The molecule has 0 bridgehead atoms. The summed E-state index contributed by atoms with van der Waals surface area (Å²) >= 11 is 0. The van der Waals surface area contributed by atoms with E-state index in [4.69, 9.17) is 4.42 Å². The number of piperazine rings is 1. The lowest BCUT2D eigenvalue weighted by molar-refractivity contribution is 0.102. The second-order valence-corrected chi connectivity index (χ2v) is 10.9. The third-order valence-corrected chi connectivity index (χ3v) is 7.81. The molecule has 3 aromatic carbocycles. The predicted molar refractivity (Wildman–Crippen MR) is 169 cm³/mol. The van der Waals surface area contributed by atoms with Crippen LogP contribution in [0.25, 0.3) is 10.9 Å². The summed E-state index contributed by atoms with van der Waals surface area (Å²) in [5.74, 6) is 0.655. The number of hydrogen-bond donors (Lipinski definition) is 3. The standard InChI is InChI=1S/C34H33N5O4/c1-21-17-29(22(2)43-21)33(41)36-26-6-4-5-23(18-26)32(40)24-7-12-28-30(34(42)37-31(28)19-24)20-35-25-8-10-27(11-9-25)39-15-13-38(3)14-16-39/h4-12,17-20,37,42H,13-16H2,1-3H3,(H,36,41). The van der Waals surface area contributed by atoms with Gasteiger partial charge in [0.25, 0.3) is 5.91 Å². The van der Waals surface area contributed by atoms with Gasteiger partial charge in [0.1, 0.15) is 11.5 Å². The number of hydrogen-bond acceptors (Lipinski definition) is 7. The third kappa shape index (κ3) is 5.93. The monoisotopic (exact) mass is 575 g/mol. The molecule has 43 heavy (non-hydrogen) atoms. The summed E-state index contributed by atoms with van der Waals surface area (Å²) in [5, 5.41) is 14.2. The largest absolute Gasteiger partial charge is 0.494 e. The Kier molecular flexibility index (Phi) is 7.56. The van der Waals surface area contributed by atoms with Crippen molar-refractivity contribution < 1.29 is 19.1 Å². The molecule has 2 aromatic heterocycles. The van der Waals surface area contributed by atoms with Crippen molar-refractivity contribution in [3.8, 4) is 5.88 Å². The van der Waals surface area contributed by atoms with E-state index in [2.05, 4.69) is 44.3 Å². The first-order valence-electron chi connectivity index (χ1n) is 14.2. The minimum absolute atomic E-state index is 0.0214. The van der Waals surface area contributed by atoms with Crippen molar-refractivity contribution in [1.29, 1.82) is 0 Å². The summed E-state index contributed by atoms with van der Waals surface area (Å²) in [4.78, 5) is 38.3. The van der Waals surface area contributed by atoms with E-state index in [0.717, 1.165) is 37.3 Å². The average molecular weight is 576 g/mol. The molecule has 0 atom stereocenters. The van der Waals surface area contributed by atoms with Gasteiger partial charge in [-0.05, 0) is 69.4 Å². The molecule has 0 saturated carbocycles. The van der Waals surface area contributed by atoms with Crippen molar-refractivity contribution in [3.05, 3.63) is 107 Å². The van der Waals surface area contributed by atoms with Crippen LogP contribution in [-0.2, 0) is 0 Å². The molecule has 1 saturated heterocycles. The molecule has 0 spiro atoms. The number of rotatable bonds is 7. The van der Waals surface area contributed by atoms with Gasteiger partial charge in [-0.2, -0.15) is 0 Å². The summed E-state index contributed by atoms with van der Waals surface area (Å²) in [6, 6.07) is 21.8. The van der Waals surface area contributed by atoms with Crippen LogP contribution < -0.4 is 10.2 Å². The Morgan fingerprint density at radius 3 is 2.42 bits per heavy atom. The number of aryl methyl sites for hydroxylation is 2. The lowest BCUT2D eigenvalue weighted by Gasteiger charge is -2.34. The Labute approximate surface area is 249 Å². The quantitative estimate of drug-likeness (QED) is 0.160. The van der Waals surface area contributed by atoms with Gasteiger partial charge in [-0.3, -0.25) is 14.6 Å². The molecule has 5 aromatic rings. The third-order valence-electron chi connectivity index (χ3n) is 7.81. The van der Waals surface area contributed by atoms with Crippen LogP contribution in [-0.4, -0.2) is 66.1 Å². The van der Waals surface area contributed by atoms with Crippen LogP contribution in [0.1, 0.15) is 43.4 Å². The second kappa shape index (κ2) is 11.6. The number of H-pyrrole nitrogens is 1. The van der Waals surface area contributed by atoms with Crippen LogP contribution in [0.3, 0.4) is 0 Å². The van der Waals surface area contributed by atoms with E-state index in [9.17, 15) is 14.7 Å². The first-order chi connectivity index (χ1) is 20.7. The van der Waals surface area contributed by atoms with Crippen LogP contribution in [0.2, 0.25) is 0 Å². The van der Waals surface area contributed by atoms with Crippen LogP contribution in [0.4, 0.5) is 17.1 Å². The Bertz CT molecular complexity index is 1840. The molecule has 3 heterocycles. The lowest BCUT2D eigenvalue weighted by atomic mass is 10.0. The maximum absolute atomic E-state index is 13.4. The Hall–Kier alpha value is -5.15. The fourth-order valence-electron chi connectivity index (χ4n) is 5.39. The maximum Gasteiger partial charge on any atom is 0.259 e. The smallest absolute Gasteiger partial charge is 0.259 e. The molecule has 1 amide bonds. The number of anilines is 2. The van der Waals surface area contributed by atoms with Crippen molar-refractivity contribution in [2.75, 3.05) is 43.4 Å². The molecule has 1 aliphatic heterocycles. The molecule has 0 unspecified atom stereocenters. The molecule has 9 heteroatoms. The summed E-state index contributed by atoms with van der Waals surface area (Å²) in [6.07, 6.45) is 1.63. The zero-order valence-electron chi connectivity index (χ0n) is 24.3. The Balaban J connectivity index is 1.17. The van der Waals surface area contributed by atoms with Gasteiger partial charge < -0.3 is 29.6 Å². The molecule has 1 aliphatic rings. The van der Waals surface area contributed by atoms with Crippen molar-refractivity contribution in [1.82, 2.24) is 9.88 Å². The van der Waals surface area contributed by atoms with Crippen molar-refractivity contribution in [2.45, 2.75) is 13.8 Å². The van der Waals surface area contributed by atoms with E-state index >= 15 is 0 Å². The first-order valence-corrected chi connectivity index (χ1v) is 14.2. The van der Waals surface area contributed by atoms with Gasteiger partial charge in [0, 0.05) is 65.8 Å². The van der Waals surface area contributed by atoms with Crippen LogP contribution in [0.15, 0.2) is 82.2 Å². The number of aliphatic imine (C=N–C) groups is 1. The van der Waals surface area contributed by atoms with Gasteiger partial charge in [0.15, 0.2) is 11.7 Å². The SMILES string of the molecule is Cc1cc(C(=O)Nc2cccc(C(=O)c3ccc4c(C=Nc5ccc(N6CCN(C)CC6)cc5)c(O)[nH]c4c3)c2)c(C)o1. The second-order valence-electron chi connectivity index (χ2n) is 10.9. The molecular weight excluding hydrogens is 542 g/mol. The highest BCUT2D eigenvalue weighted by Gasteiger charge is 2.17. The van der Waals surface area contributed by atoms with Crippen molar-refractivity contribution in [2.24, 2.45) is 4.99 Å². The Morgan fingerprint density at radius 2 is 1.70 bits per heavy atom. The number of fused-ring (bicyclic) bond motifs is 1.